The van der Waals surface area contributed by atoms with Gasteiger partial charge in [0.2, 0.25) is 5.41 Å². The molecule has 3 heterocycles. The molecule has 1 aliphatic carbocycles. The van der Waals surface area contributed by atoms with E-state index in [9.17, 15) is 0 Å². The molecule has 0 radical (unpaired) electrons. The van der Waals surface area contributed by atoms with E-state index in [0.717, 1.165) is 24.6 Å². The molecule has 4 aliphatic rings. The lowest BCUT2D eigenvalue weighted by Crippen LogP contribution is -2.69. The third kappa shape index (κ3) is 2.63. The van der Waals surface area contributed by atoms with E-state index in [0.29, 0.717) is 22.2 Å². The first-order valence-electron chi connectivity index (χ1n) is 12.0. The summed E-state index contributed by atoms with van der Waals surface area (Å²) in [6.07, 6.45) is -6.45. The zero-order chi connectivity index (χ0) is 26.7. The molecule has 0 N–H and O–H groups in total. The first-order valence-corrected chi connectivity index (χ1v) is 12.0. The Morgan fingerprint density at radius 1 is 0.865 bits per heavy atom. The minimum absolute atomic E-state index is 0.0811. The lowest BCUT2D eigenvalue weighted by molar-refractivity contribution is -0.360. The third-order valence-electron chi connectivity index (χ3n) is 8.46. The summed E-state index contributed by atoms with van der Waals surface area (Å²) in [4.78, 5) is 2.85. The molecule has 2 nitrogen and oxygen atoms in total. The summed E-state index contributed by atoms with van der Waals surface area (Å²) in [6, 6.07) is 12.9. The molecule has 1 saturated heterocycles. The molecule has 0 spiro atoms. The molecule has 192 valence electrons. The average Bonchev–Trinajstić information content (AvgIpc) is 3.10. The number of benzene rings is 2. The topological polar surface area (TPSA) is 6.48 Å². The second kappa shape index (κ2) is 7.11. The van der Waals surface area contributed by atoms with Gasteiger partial charge in [-0.3, -0.25) is 0 Å². The number of aryl methyl sites for hydroxylation is 1. The molecule has 0 amide bonds. The van der Waals surface area contributed by atoms with Crippen LogP contribution in [0.2, 0.25) is 0 Å². The Kier molecular flexibility index (Phi) is 4.60. The van der Waals surface area contributed by atoms with Crippen molar-refractivity contribution in [2.45, 2.75) is 39.2 Å². The summed E-state index contributed by atoms with van der Waals surface area (Å²) in [5.74, 6) is 0.338. The number of alkyl halides is 6. The highest BCUT2D eigenvalue weighted by atomic mass is 19.4. The SMILES string of the molecule is Cc1cccc2c1=C1N(C)C(c3ccccc3)=C3N1C1C(=CC=CC=21)C(C)(C)C3(C(F)(F)F)C(F)(F)F. The van der Waals surface area contributed by atoms with Crippen LogP contribution >= 0.6 is 0 Å². The fourth-order valence-electron chi connectivity index (χ4n) is 7.00. The second-order valence-electron chi connectivity index (χ2n) is 10.5. The Bertz CT molecular complexity index is 1540. The molecule has 0 aromatic heterocycles. The van der Waals surface area contributed by atoms with Crippen LogP contribution in [-0.4, -0.2) is 35.2 Å². The van der Waals surface area contributed by atoms with Crippen molar-refractivity contribution in [1.82, 2.24) is 9.80 Å². The summed E-state index contributed by atoms with van der Waals surface area (Å²) in [5.41, 5.74) is -5.47. The van der Waals surface area contributed by atoms with Gasteiger partial charge in [0.15, 0.2) is 0 Å². The molecule has 37 heavy (non-hydrogen) atoms. The zero-order valence-electron chi connectivity index (χ0n) is 20.6. The van der Waals surface area contributed by atoms with Crippen LogP contribution in [0.5, 0.6) is 0 Å². The van der Waals surface area contributed by atoms with Crippen LogP contribution < -0.4 is 10.4 Å². The molecule has 0 bridgehead atoms. The first kappa shape index (κ1) is 23.9. The van der Waals surface area contributed by atoms with Gasteiger partial charge in [-0.2, -0.15) is 26.3 Å². The van der Waals surface area contributed by atoms with E-state index >= 15 is 26.3 Å². The predicted octanol–water partition coefficient (Wildman–Crippen LogP) is 5.86. The van der Waals surface area contributed by atoms with Crippen LogP contribution in [0.15, 0.2) is 78.0 Å². The molecule has 1 unspecified atom stereocenters. The lowest BCUT2D eigenvalue weighted by atomic mass is 9.53. The van der Waals surface area contributed by atoms with Gasteiger partial charge in [0.05, 0.1) is 17.4 Å². The van der Waals surface area contributed by atoms with Crippen molar-refractivity contribution in [1.29, 1.82) is 0 Å². The molecule has 1 atom stereocenters. The first-order chi connectivity index (χ1) is 17.3. The van der Waals surface area contributed by atoms with E-state index in [-0.39, 0.29) is 11.3 Å². The monoisotopic (exact) mass is 514 g/mol. The van der Waals surface area contributed by atoms with E-state index in [1.807, 2.05) is 31.2 Å². The van der Waals surface area contributed by atoms with Crippen molar-refractivity contribution in [3.63, 3.8) is 0 Å². The third-order valence-corrected chi connectivity index (χ3v) is 8.46. The highest BCUT2D eigenvalue weighted by Gasteiger charge is 2.84. The number of allylic oxidation sites excluding steroid dienone is 3. The Hall–Kier alpha value is -3.42. The number of hydrogen-bond acceptors (Lipinski definition) is 2. The van der Waals surface area contributed by atoms with E-state index in [1.165, 1.54) is 15.9 Å². The number of rotatable bonds is 1. The van der Waals surface area contributed by atoms with Crippen LogP contribution in [0.1, 0.15) is 25.0 Å². The van der Waals surface area contributed by atoms with Gasteiger partial charge in [0, 0.05) is 23.2 Å². The van der Waals surface area contributed by atoms with Gasteiger partial charge < -0.3 is 9.80 Å². The molecule has 8 heteroatoms. The van der Waals surface area contributed by atoms with Crippen LogP contribution in [-0.2, 0) is 0 Å². The molecular weight excluding hydrogens is 490 g/mol. The highest BCUT2D eigenvalue weighted by Crippen LogP contribution is 2.73. The fourth-order valence-corrected chi connectivity index (χ4v) is 7.00. The molecule has 2 aromatic rings. The summed E-state index contributed by atoms with van der Waals surface area (Å²) in [6.45, 7) is 4.01. The number of piperidine rings is 1. The summed E-state index contributed by atoms with van der Waals surface area (Å²) >= 11 is 0. The summed E-state index contributed by atoms with van der Waals surface area (Å²) in [5, 5.41) is 1.46. The molecule has 2 aromatic carbocycles. The van der Waals surface area contributed by atoms with Gasteiger partial charge in [0.1, 0.15) is 5.82 Å². The van der Waals surface area contributed by atoms with Gasteiger partial charge in [-0.15, -0.1) is 0 Å². The minimum Gasteiger partial charge on any atom is -0.328 e. The molecule has 3 aliphatic heterocycles. The van der Waals surface area contributed by atoms with Crippen molar-refractivity contribution < 1.29 is 26.3 Å². The minimum atomic E-state index is -5.64. The van der Waals surface area contributed by atoms with Crippen molar-refractivity contribution in [2.75, 3.05) is 7.05 Å². The number of fused-ring (bicyclic) bond motifs is 1. The van der Waals surface area contributed by atoms with Crippen molar-refractivity contribution in [2.24, 2.45) is 10.8 Å². The van der Waals surface area contributed by atoms with Crippen molar-refractivity contribution in [3.8, 4) is 0 Å². The molecule has 0 saturated carbocycles. The fraction of sp³-hybridized carbons (Fsp3) is 0.310. The van der Waals surface area contributed by atoms with Crippen LogP contribution in [0, 0.1) is 17.8 Å². The van der Waals surface area contributed by atoms with Gasteiger partial charge in [-0.25, -0.2) is 0 Å². The maximum atomic E-state index is 15.4. The molecule has 1 fully saturated rings. The smallest absolute Gasteiger partial charge is 0.328 e. The average molecular weight is 515 g/mol. The number of hydrogen-bond donors (Lipinski definition) is 0. The van der Waals surface area contributed by atoms with Gasteiger partial charge >= 0.3 is 12.4 Å². The van der Waals surface area contributed by atoms with E-state index in [2.05, 4.69) is 0 Å². The van der Waals surface area contributed by atoms with Crippen molar-refractivity contribution >= 4 is 17.1 Å². The van der Waals surface area contributed by atoms with Gasteiger partial charge in [-0.1, -0.05) is 80.6 Å². The maximum absolute atomic E-state index is 15.4. The Balaban J connectivity index is 1.91. The van der Waals surface area contributed by atoms with E-state index in [4.69, 9.17) is 0 Å². The normalized spacial score (nSPS) is 23.3. The van der Waals surface area contributed by atoms with Crippen LogP contribution in [0.4, 0.5) is 26.3 Å². The van der Waals surface area contributed by atoms with Crippen LogP contribution in [0.3, 0.4) is 0 Å². The Morgan fingerprint density at radius 3 is 2.14 bits per heavy atom. The van der Waals surface area contributed by atoms with Gasteiger partial charge in [-0.05, 0) is 28.9 Å². The second-order valence-corrected chi connectivity index (χ2v) is 10.5. The van der Waals surface area contributed by atoms with E-state index < -0.39 is 34.9 Å². The van der Waals surface area contributed by atoms with Crippen molar-refractivity contribution in [3.05, 3.63) is 99.6 Å². The largest absolute Gasteiger partial charge is 0.409 e. The molecular formula is C29H24F6N2. The Labute approximate surface area is 210 Å². The number of halogens is 6. The quantitative estimate of drug-likeness (QED) is 0.440. The van der Waals surface area contributed by atoms with Crippen LogP contribution in [0.25, 0.3) is 17.1 Å². The lowest BCUT2D eigenvalue weighted by Gasteiger charge is -2.59. The zero-order valence-corrected chi connectivity index (χ0v) is 20.6. The Morgan fingerprint density at radius 2 is 1.51 bits per heavy atom. The maximum Gasteiger partial charge on any atom is 0.409 e. The van der Waals surface area contributed by atoms with E-state index in [1.54, 1.807) is 43.5 Å². The van der Waals surface area contributed by atoms with Gasteiger partial charge in [0.25, 0.3) is 0 Å². The number of nitrogens with zero attached hydrogens (tertiary/aromatic N) is 2. The highest BCUT2D eigenvalue weighted by molar-refractivity contribution is 5.87. The standard InChI is InChI=1S/C29H24F6N2/c1-16-10-8-13-18-19-14-9-15-20-23(19)37-24(27(26(20,2)3,28(30,31)32)29(33,34)35)22(17-11-6-5-7-12-17)36(4)25(37)21(16)18/h5-15,23H,1-4H3. The summed E-state index contributed by atoms with van der Waals surface area (Å²) < 4.78 is 92.1. The summed E-state index contributed by atoms with van der Waals surface area (Å²) in [7, 11) is 1.57. The predicted molar refractivity (Wildman–Crippen MR) is 130 cm³/mol. The molecule has 6 rings (SSSR count).